The van der Waals surface area contributed by atoms with Gasteiger partial charge in [-0.15, -0.1) is 0 Å². The standard InChI is InChI=1S/C38H24O/c1-2-12-25(13-3-1)26-14-10-15-27(24-26)36-28-16-4-6-18-30(28)37(31-19-7-5-17-29(31)36)33-21-11-23-35-38(33)32-20-8-9-22-34(32)39-35/h1-24H/i1D,10D,14D,15D,24D. The van der Waals surface area contributed by atoms with Gasteiger partial charge in [0.1, 0.15) is 11.2 Å². The maximum atomic E-state index is 9.42. The molecule has 1 heteroatoms. The normalized spacial score (nSPS) is 13.4. The highest BCUT2D eigenvalue weighted by Crippen LogP contribution is 2.47. The Hall–Kier alpha value is -5.14. The summed E-state index contributed by atoms with van der Waals surface area (Å²) in [4.78, 5) is 0. The lowest BCUT2D eigenvalue weighted by Crippen LogP contribution is -1.91. The van der Waals surface area contributed by atoms with E-state index in [0.717, 1.165) is 54.6 Å². The fraction of sp³-hybridized carbons (Fsp3) is 0. The van der Waals surface area contributed by atoms with Crippen LogP contribution in [0.2, 0.25) is 0 Å². The van der Waals surface area contributed by atoms with E-state index in [1.54, 1.807) is 24.3 Å². The third kappa shape index (κ3) is 3.41. The summed E-state index contributed by atoms with van der Waals surface area (Å²) in [5.41, 5.74) is 5.57. The fourth-order valence-electron chi connectivity index (χ4n) is 5.84. The summed E-state index contributed by atoms with van der Waals surface area (Å²) in [6.45, 7) is 0. The molecule has 0 aliphatic heterocycles. The zero-order valence-electron chi connectivity index (χ0n) is 25.9. The second-order valence-corrected chi connectivity index (χ2v) is 9.66. The molecule has 0 radical (unpaired) electrons. The monoisotopic (exact) mass is 501 g/mol. The summed E-state index contributed by atoms with van der Waals surface area (Å²) in [5.74, 6) is 0. The average Bonchev–Trinajstić information content (AvgIpc) is 3.44. The van der Waals surface area contributed by atoms with Gasteiger partial charge in [-0.3, -0.25) is 0 Å². The first-order valence-electron chi connectivity index (χ1n) is 15.5. The van der Waals surface area contributed by atoms with Crippen molar-refractivity contribution in [3.8, 4) is 33.4 Å². The molecule has 0 saturated carbocycles. The van der Waals surface area contributed by atoms with Gasteiger partial charge < -0.3 is 4.42 Å². The molecule has 7 aromatic carbocycles. The summed E-state index contributed by atoms with van der Waals surface area (Å²) in [6, 6.07) is 36.7. The van der Waals surface area contributed by atoms with Crippen molar-refractivity contribution >= 4 is 43.5 Å². The van der Waals surface area contributed by atoms with Gasteiger partial charge in [-0.1, -0.05) is 127 Å². The van der Waals surface area contributed by atoms with E-state index in [2.05, 4.69) is 24.3 Å². The van der Waals surface area contributed by atoms with Crippen LogP contribution in [0.15, 0.2) is 150 Å². The maximum absolute atomic E-state index is 9.42. The highest BCUT2D eigenvalue weighted by atomic mass is 16.3. The third-order valence-corrected chi connectivity index (χ3v) is 7.49. The molecule has 0 bridgehead atoms. The van der Waals surface area contributed by atoms with E-state index in [-0.39, 0.29) is 29.7 Å². The highest BCUT2D eigenvalue weighted by molar-refractivity contribution is 6.25. The van der Waals surface area contributed by atoms with Gasteiger partial charge in [0.25, 0.3) is 0 Å². The Kier molecular flexibility index (Phi) is 3.89. The molecule has 0 atom stereocenters. The number of para-hydroxylation sites is 1. The van der Waals surface area contributed by atoms with Gasteiger partial charge in [0, 0.05) is 10.8 Å². The molecule has 1 aromatic heterocycles. The van der Waals surface area contributed by atoms with Crippen LogP contribution < -0.4 is 0 Å². The number of fused-ring (bicyclic) bond motifs is 5. The average molecular weight is 502 g/mol. The van der Waals surface area contributed by atoms with Crippen LogP contribution in [0, 0.1) is 0 Å². The van der Waals surface area contributed by atoms with Crippen molar-refractivity contribution in [2.24, 2.45) is 0 Å². The second-order valence-electron chi connectivity index (χ2n) is 9.66. The van der Waals surface area contributed by atoms with Crippen molar-refractivity contribution in [2.45, 2.75) is 0 Å². The van der Waals surface area contributed by atoms with Crippen LogP contribution in [0.1, 0.15) is 6.85 Å². The summed E-state index contributed by atoms with van der Waals surface area (Å²) in [6.07, 6.45) is 0. The van der Waals surface area contributed by atoms with Crippen molar-refractivity contribution in [3.63, 3.8) is 0 Å². The van der Waals surface area contributed by atoms with E-state index in [1.807, 2.05) is 66.7 Å². The van der Waals surface area contributed by atoms with Crippen molar-refractivity contribution in [1.82, 2.24) is 0 Å². The molecular weight excluding hydrogens is 472 g/mol. The minimum Gasteiger partial charge on any atom is -0.456 e. The van der Waals surface area contributed by atoms with Crippen molar-refractivity contribution in [2.75, 3.05) is 0 Å². The van der Waals surface area contributed by atoms with Crippen LogP contribution in [-0.2, 0) is 0 Å². The minimum atomic E-state index is -0.229. The lowest BCUT2D eigenvalue weighted by Gasteiger charge is -2.18. The number of furan rings is 1. The number of hydrogen-bond donors (Lipinski definition) is 0. The smallest absolute Gasteiger partial charge is 0.136 e. The summed E-state index contributed by atoms with van der Waals surface area (Å²) in [5, 5.41) is 5.69. The first-order chi connectivity index (χ1) is 21.4. The number of hydrogen-bond acceptors (Lipinski definition) is 1. The maximum Gasteiger partial charge on any atom is 0.136 e. The Labute approximate surface area is 233 Å². The predicted octanol–water partition coefficient (Wildman–Crippen LogP) is 10.9. The molecule has 8 aromatic rings. The Morgan fingerprint density at radius 1 is 0.436 bits per heavy atom. The molecule has 1 nitrogen and oxygen atoms in total. The zero-order valence-corrected chi connectivity index (χ0v) is 20.9. The minimum absolute atomic E-state index is 0.0275. The lowest BCUT2D eigenvalue weighted by atomic mass is 9.84. The van der Waals surface area contributed by atoms with Gasteiger partial charge in [0.2, 0.25) is 0 Å². The van der Waals surface area contributed by atoms with Gasteiger partial charge in [-0.25, -0.2) is 0 Å². The first-order valence-corrected chi connectivity index (χ1v) is 13.0. The van der Waals surface area contributed by atoms with E-state index in [1.165, 1.54) is 0 Å². The predicted molar refractivity (Wildman–Crippen MR) is 165 cm³/mol. The SMILES string of the molecule is [2H]c1ccc(-c2c([2H])c([2H])c([2H])c(-c3c4ccccc4c(-c4cccc5oc6ccccc6c45)c4ccccc34)c2[2H])cc1. The Morgan fingerprint density at radius 2 is 1.03 bits per heavy atom. The second kappa shape index (κ2) is 8.72. The van der Waals surface area contributed by atoms with Crippen LogP contribution in [0.4, 0.5) is 0 Å². The zero-order chi connectivity index (χ0) is 30.1. The fourth-order valence-corrected chi connectivity index (χ4v) is 5.84. The highest BCUT2D eigenvalue weighted by Gasteiger charge is 2.20. The molecule has 0 unspecified atom stereocenters. The van der Waals surface area contributed by atoms with E-state index in [9.17, 15) is 1.37 Å². The molecule has 0 spiro atoms. The van der Waals surface area contributed by atoms with Crippen LogP contribution in [0.25, 0.3) is 76.9 Å². The molecule has 0 aliphatic carbocycles. The topological polar surface area (TPSA) is 13.1 Å². The summed E-state index contributed by atoms with van der Waals surface area (Å²) in [7, 11) is 0. The Balaban J connectivity index is 1.54. The van der Waals surface area contributed by atoms with Crippen LogP contribution >= 0.6 is 0 Å². The molecule has 0 amide bonds. The Bertz CT molecular complexity index is 2380. The first kappa shape index (κ1) is 17.4. The van der Waals surface area contributed by atoms with Crippen LogP contribution in [0.5, 0.6) is 0 Å². The summed E-state index contributed by atoms with van der Waals surface area (Å²) >= 11 is 0. The van der Waals surface area contributed by atoms with E-state index in [0.29, 0.717) is 22.7 Å². The van der Waals surface area contributed by atoms with E-state index >= 15 is 0 Å². The van der Waals surface area contributed by atoms with Gasteiger partial charge in [-0.2, -0.15) is 0 Å². The molecular formula is C38H24O. The van der Waals surface area contributed by atoms with Gasteiger partial charge in [0.15, 0.2) is 0 Å². The van der Waals surface area contributed by atoms with Gasteiger partial charge in [0.05, 0.1) is 6.85 Å². The molecule has 0 fully saturated rings. The van der Waals surface area contributed by atoms with Crippen molar-refractivity contribution in [3.05, 3.63) is 145 Å². The van der Waals surface area contributed by atoms with E-state index < -0.39 is 0 Å². The lowest BCUT2D eigenvalue weighted by molar-refractivity contribution is 0.669. The van der Waals surface area contributed by atoms with Crippen molar-refractivity contribution < 1.29 is 11.3 Å². The quantitative estimate of drug-likeness (QED) is 0.219. The van der Waals surface area contributed by atoms with Gasteiger partial charge >= 0.3 is 0 Å². The van der Waals surface area contributed by atoms with Crippen LogP contribution in [-0.4, -0.2) is 0 Å². The van der Waals surface area contributed by atoms with Gasteiger partial charge in [-0.05, 0) is 73.1 Å². The molecule has 0 saturated heterocycles. The largest absolute Gasteiger partial charge is 0.456 e. The molecule has 182 valence electrons. The third-order valence-electron chi connectivity index (χ3n) is 7.49. The number of benzene rings is 7. The molecule has 0 aliphatic rings. The van der Waals surface area contributed by atoms with Crippen LogP contribution in [0.3, 0.4) is 0 Å². The summed E-state index contributed by atoms with van der Waals surface area (Å²) < 4.78 is 50.2. The molecule has 1 heterocycles. The Morgan fingerprint density at radius 3 is 1.74 bits per heavy atom. The van der Waals surface area contributed by atoms with Crippen molar-refractivity contribution in [1.29, 1.82) is 0 Å². The number of rotatable bonds is 3. The molecule has 0 N–H and O–H groups in total. The molecule has 8 rings (SSSR count). The van der Waals surface area contributed by atoms with E-state index in [4.69, 9.17) is 9.90 Å². The molecule has 39 heavy (non-hydrogen) atoms.